The highest BCUT2D eigenvalue weighted by Gasteiger charge is 2.22. The monoisotopic (exact) mass is 292 g/mol. The van der Waals surface area contributed by atoms with Gasteiger partial charge in [0.25, 0.3) is 0 Å². The molecule has 0 saturated carbocycles. The summed E-state index contributed by atoms with van der Waals surface area (Å²) in [6.07, 6.45) is 6.79. The lowest BCUT2D eigenvalue weighted by molar-refractivity contribution is -0.125. The molecular weight excluding hydrogens is 272 g/mol. The van der Waals surface area contributed by atoms with Crippen LogP contribution in [0, 0.1) is 5.92 Å². The van der Waals surface area contributed by atoms with Crippen molar-refractivity contribution in [1.29, 1.82) is 0 Å². The molecule has 2 unspecified atom stereocenters. The third kappa shape index (κ3) is 3.55. The molecule has 5 heteroatoms. The van der Waals surface area contributed by atoms with Crippen molar-refractivity contribution in [2.24, 2.45) is 5.92 Å². The van der Waals surface area contributed by atoms with E-state index >= 15 is 0 Å². The van der Waals surface area contributed by atoms with Crippen LogP contribution in [-0.4, -0.2) is 25.3 Å². The predicted octanol–water partition coefficient (Wildman–Crippen LogP) is 2.46. The average Bonchev–Trinajstić information content (AvgIpc) is 2.46. The second-order valence-corrected chi connectivity index (χ2v) is 5.71. The van der Waals surface area contributed by atoms with Crippen LogP contribution < -0.4 is 15.6 Å². The van der Waals surface area contributed by atoms with E-state index in [-0.39, 0.29) is 17.9 Å². The van der Waals surface area contributed by atoms with E-state index in [4.69, 9.17) is 4.74 Å². The molecule has 1 aliphatic rings. The molecule has 1 fully saturated rings. The minimum absolute atomic E-state index is 0.0494. The van der Waals surface area contributed by atoms with Crippen LogP contribution in [0.3, 0.4) is 0 Å². The van der Waals surface area contributed by atoms with Crippen LogP contribution in [0.15, 0.2) is 29.2 Å². The van der Waals surface area contributed by atoms with Gasteiger partial charge in [0.15, 0.2) is 0 Å². The molecule has 0 spiro atoms. The highest BCUT2D eigenvalue weighted by Crippen LogP contribution is 2.26. The fourth-order valence-electron chi connectivity index (χ4n) is 2.19. The molecule has 1 saturated heterocycles. The molecule has 0 aromatic heterocycles. The topological polar surface area (TPSA) is 50.4 Å². The van der Waals surface area contributed by atoms with E-state index in [1.807, 2.05) is 12.1 Å². The second-order valence-electron chi connectivity index (χ2n) is 4.87. The number of amides is 1. The van der Waals surface area contributed by atoms with E-state index in [1.165, 1.54) is 4.90 Å². The van der Waals surface area contributed by atoms with Crippen molar-refractivity contribution in [3.8, 4) is 5.75 Å². The van der Waals surface area contributed by atoms with Crippen molar-refractivity contribution in [3.05, 3.63) is 29.8 Å². The first-order chi connectivity index (χ1) is 9.63. The van der Waals surface area contributed by atoms with Gasteiger partial charge in [-0.05, 0) is 35.9 Å². The van der Waals surface area contributed by atoms with E-state index < -0.39 is 0 Å². The van der Waals surface area contributed by atoms with Crippen molar-refractivity contribution in [2.45, 2.75) is 24.3 Å². The maximum Gasteiger partial charge on any atom is 0.234 e. The molecule has 2 rings (SSSR count). The zero-order chi connectivity index (χ0) is 14.5. The maximum atomic E-state index is 11.3. The standard InChI is InChI=1S/C15H20N2O2S/c1-10-8-15(18)17-16-13(10)6-4-11-9-12(19-2)5-7-14(11)20-3/h4-7,9-10,13,16H,8H2,1-3H3,(H,17,18)/b6-4+. The minimum Gasteiger partial charge on any atom is -0.497 e. The van der Waals surface area contributed by atoms with E-state index in [1.54, 1.807) is 18.9 Å². The van der Waals surface area contributed by atoms with Gasteiger partial charge in [-0.25, -0.2) is 5.43 Å². The molecule has 0 bridgehead atoms. The molecule has 1 aromatic rings. The largest absolute Gasteiger partial charge is 0.497 e. The number of thioether (sulfide) groups is 1. The summed E-state index contributed by atoms with van der Waals surface area (Å²) < 4.78 is 5.27. The molecule has 108 valence electrons. The quantitative estimate of drug-likeness (QED) is 0.837. The normalized spacial score (nSPS) is 22.9. The van der Waals surface area contributed by atoms with Gasteiger partial charge in [0.05, 0.1) is 7.11 Å². The van der Waals surface area contributed by atoms with E-state index in [0.29, 0.717) is 6.42 Å². The Bertz CT molecular complexity index is 517. The Labute approximate surface area is 123 Å². The summed E-state index contributed by atoms with van der Waals surface area (Å²) in [5, 5.41) is 0. The summed E-state index contributed by atoms with van der Waals surface area (Å²) in [5.41, 5.74) is 6.84. The zero-order valence-electron chi connectivity index (χ0n) is 12.0. The van der Waals surface area contributed by atoms with Crippen LogP contribution in [0.5, 0.6) is 5.75 Å². The number of ether oxygens (including phenoxy) is 1. The molecule has 1 heterocycles. The van der Waals surface area contributed by atoms with Gasteiger partial charge in [-0.1, -0.05) is 19.1 Å². The second kappa shape index (κ2) is 6.81. The van der Waals surface area contributed by atoms with E-state index in [0.717, 1.165) is 11.3 Å². The summed E-state index contributed by atoms with van der Waals surface area (Å²) in [5.74, 6) is 1.18. The van der Waals surface area contributed by atoms with Gasteiger partial charge < -0.3 is 4.74 Å². The lowest BCUT2D eigenvalue weighted by Gasteiger charge is -2.27. The van der Waals surface area contributed by atoms with Gasteiger partial charge >= 0.3 is 0 Å². The molecule has 1 aliphatic heterocycles. The molecule has 0 radical (unpaired) electrons. The Hall–Kier alpha value is -1.46. The maximum absolute atomic E-state index is 11.3. The van der Waals surface area contributed by atoms with Gasteiger partial charge in [0.2, 0.25) is 5.91 Å². The van der Waals surface area contributed by atoms with Crippen LogP contribution in [0.1, 0.15) is 18.9 Å². The van der Waals surface area contributed by atoms with Crippen LogP contribution in [0.2, 0.25) is 0 Å². The fraction of sp³-hybridized carbons (Fsp3) is 0.400. The predicted molar refractivity (Wildman–Crippen MR) is 82.7 cm³/mol. The summed E-state index contributed by atoms with van der Waals surface area (Å²) in [6, 6.07) is 6.19. The third-order valence-electron chi connectivity index (χ3n) is 3.42. The third-order valence-corrected chi connectivity index (χ3v) is 4.23. The molecule has 1 amide bonds. The molecule has 2 atom stereocenters. The molecule has 2 N–H and O–H groups in total. The first-order valence-corrected chi connectivity index (χ1v) is 7.81. The molecule has 1 aromatic carbocycles. The van der Waals surface area contributed by atoms with Crippen molar-refractivity contribution < 1.29 is 9.53 Å². The van der Waals surface area contributed by atoms with Gasteiger partial charge in [-0.3, -0.25) is 10.2 Å². The highest BCUT2D eigenvalue weighted by atomic mass is 32.2. The number of methoxy groups -OCH3 is 1. The number of carbonyl (C=O) groups is 1. The van der Waals surface area contributed by atoms with E-state index in [9.17, 15) is 4.79 Å². The Morgan fingerprint density at radius 1 is 1.45 bits per heavy atom. The first kappa shape index (κ1) is 14.9. The zero-order valence-corrected chi connectivity index (χ0v) is 12.8. The number of hydrogen-bond acceptors (Lipinski definition) is 4. The number of carbonyl (C=O) groups excluding carboxylic acids is 1. The van der Waals surface area contributed by atoms with Crippen LogP contribution in [-0.2, 0) is 4.79 Å². The first-order valence-electron chi connectivity index (χ1n) is 6.58. The van der Waals surface area contributed by atoms with Crippen molar-refractivity contribution >= 4 is 23.7 Å². The van der Waals surface area contributed by atoms with Gasteiger partial charge in [0.1, 0.15) is 5.75 Å². The SMILES string of the molecule is COc1ccc(SC)c(/C=C/C2NNC(=O)CC2C)c1. The number of rotatable bonds is 4. The lowest BCUT2D eigenvalue weighted by Crippen LogP contribution is -2.52. The van der Waals surface area contributed by atoms with Crippen molar-refractivity contribution in [3.63, 3.8) is 0 Å². The molecule has 20 heavy (non-hydrogen) atoms. The summed E-state index contributed by atoms with van der Waals surface area (Å²) in [6.45, 7) is 2.07. The van der Waals surface area contributed by atoms with Gasteiger partial charge in [-0.15, -0.1) is 11.8 Å². The number of nitrogens with one attached hydrogen (secondary N) is 2. The fourth-order valence-corrected chi connectivity index (χ4v) is 2.76. The van der Waals surface area contributed by atoms with Gasteiger partial charge in [-0.2, -0.15) is 0 Å². The Morgan fingerprint density at radius 2 is 2.25 bits per heavy atom. The van der Waals surface area contributed by atoms with E-state index in [2.05, 4.69) is 42.2 Å². The van der Waals surface area contributed by atoms with Crippen molar-refractivity contribution in [1.82, 2.24) is 10.9 Å². The van der Waals surface area contributed by atoms with Crippen LogP contribution in [0.25, 0.3) is 6.08 Å². The summed E-state index contributed by atoms with van der Waals surface area (Å²) in [4.78, 5) is 12.5. The Kier molecular flexibility index (Phi) is 5.09. The Morgan fingerprint density at radius 3 is 2.90 bits per heavy atom. The summed E-state index contributed by atoms with van der Waals surface area (Å²) in [7, 11) is 1.67. The average molecular weight is 292 g/mol. The number of hydrazine groups is 1. The molecule has 4 nitrogen and oxygen atoms in total. The molecular formula is C15H20N2O2S. The van der Waals surface area contributed by atoms with Crippen LogP contribution >= 0.6 is 11.8 Å². The number of benzene rings is 1. The van der Waals surface area contributed by atoms with Crippen molar-refractivity contribution in [2.75, 3.05) is 13.4 Å². The highest BCUT2D eigenvalue weighted by molar-refractivity contribution is 7.98. The van der Waals surface area contributed by atoms with Crippen LogP contribution in [0.4, 0.5) is 0 Å². The summed E-state index contributed by atoms with van der Waals surface area (Å²) >= 11 is 1.71. The number of hydrogen-bond donors (Lipinski definition) is 2. The molecule has 0 aliphatic carbocycles. The Balaban J connectivity index is 2.15. The van der Waals surface area contributed by atoms with Gasteiger partial charge in [0, 0.05) is 17.4 Å². The minimum atomic E-state index is 0.0494. The smallest absolute Gasteiger partial charge is 0.234 e. The lowest BCUT2D eigenvalue weighted by atomic mass is 9.96.